The van der Waals surface area contributed by atoms with Crippen molar-refractivity contribution < 1.29 is 18.9 Å². The van der Waals surface area contributed by atoms with E-state index >= 15 is 0 Å². The molecule has 332 valence electrons. The van der Waals surface area contributed by atoms with Gasteiger partial charge < -0.3 is 18.9 Å². The van der Waals surface area contributed by atoms with Crippen molar-refractivity contribution in [3.8, 4) is 23.0 Å². The largest absolute Gasteiger partial charge is 0.496 e. The molecule has 0 saturated heterocycles. The highest BCUT2D eigenvalue weighted by Crippen LogP contribution is 2.72. The standard InChI is InChI=1S/C57H70O4P2/c1-15-27-57(28-16-2,55(45-23-19-17-20-24-45)62(47-29-37(3)51(58-11)38(4)30-47)48-31-39(5)52(59-12)40(6)32-48)56(46-25-21-18-22-26-46)63(49-33-41(7)53(60-13)42(8)34-49)50-35-43(9)54(61-14)44(10)36-50/h17-26,29-36,55-56H,15-16,27-28H2,1-14H3. The van der Waals surface area contributed by atoms with Crippen molar-refractivity contribution >= 4 is 37.1 Å². The smallest absolute Gasteiger partial charge is 0.124 e. The van der Waals surface area contributed by atoms with Crippen LogP contribution in [0.4, 0.5) is 0 Å². The number of ether oxygens (including phenoxy) is 4. The normalized spacial score (nSPS) is 12.7. The van der Waals surface area contributed by atoms with Gasteiger partial charge in [0.1, 0.15) is 23.0 Å². The lowest BCUT2D eigenvalue weighted by Gasteiger charge is -2.53. The summed E-state index contributed by atoms with van der Waals surface area (Å²) in [5, 5.41) is 5.49. The summed E-state index contributed by atoms with van der Waals surface area (Å²) in [6.07, 6.45) is 4.17. The molecule has 0 N–H and O–H groups in total. The lowest BCUT2D eigenvalue weighted by molar-refractivity contribution is 0.214. The Morgan fingerprint density at radius 2 is 0.603 bits per heavy atom. The first-order chi connectivity index (χ1) is 30.3. The van der Waals surface area contributed by atoms with Crippen LogP contribution in [-0.2, 0) is 0 Å². The molecule has 0 bridgehead atoms. The minimum absolute atomic E-state index is 0.115. The van der Waals surface area contributed by atoms with E-state index in [1.807, 2.05) is 0 Å². The minimum atomic E-state index is -1.07. The van der Waals surface area contributed by atoms with Gasteiger partial charge in [-0.2, -0.15) is 0 Å². The molecular weight excluding hydrogens is 811 g/mol. The number of methoxy groups -OCH3 is 4. The van der Waals surface area contributed by atoms with Crippen molar-refractivity contribution in [2.24, 2.45) is 5.41 Å². The van der Waals surface area contributed by atoms with Crippen LogP contribution in [0, 0.1) is 60.8 Å². The summed E-state index contributed by atoms with van der Waals surface area (Å²) in [5.41, 5.74) is 12.1. The van der Waals surface area contributed by atoms with Crippen molar-refractivity contribution in [1.29, 1.82) is 0 Å². The van der Waals surface area contributed by atoms with Gasteiger partial charge in [-0.1, -0.05) is 87.4 Å². The molecule has 6 heteroatoms. The number of rotatable bonds is 18. The van der Waals surface area contributed by atoms with E-state index in [-0.39, 0.29) is 16.7 Å². The predicted molar refractivity (Wildman–Crippen MR) is 273 cm³/mol. The van der Waals surface area contributed by atoms with Crippen molar-refractivity contribution in [3.63, 3.8) is 0 Å². The maximum Gasteiger partial charge on any atom is 0.124 e. The summed E-state index contributed by atoms with van der Waals surface area (Å²) in [7, 11) is 5.06. The van der Waals surface area contributed by atoms with Gasteiger partial charge in [-0.25, -0.2) is 0 Å². The Morgan fingerprint density at radius 3 is 0.794 bits per heavy atom. The topological polar surface area (TPSA) is 36.9 Å². The average Bonchev–Trinajstić information content (AvgIpc) is 3.24. The van der Waals surface area contributed by atoms with Crippen LogP contribution in [0.1, 0.15) is 106 Å². The third-order valence-corrected chi connectivity index (χ3v) is 18.9. The van der Waals surface area contributed by atoms with Crippen LogP contribution in [-0.4, -0.2) is 28.4 Å². The molecule has 0 spiro atoms. The second kappa shape index (κ2) is 20.9. The molecule has 0 aliphatic carbocycles. The maximum absolute atomic E-state index is 6.05. The third kappa shape index (κ3) is 9.60. The van der Waals surface area contributed by atoms with E-state index in [9.17, 15) is 0 Å². The van der Waals surface area contributed by atoms with Crippen LogP contribution in [0.2, 0.25) is 0 Å². The fraction of sp³-hybridized carbons (Fsp3) is 0.368. The van der Waals surface area contributed by atoms with Gasteiger partial charge in [-0.3, -0.25) is 0 Å². The van der Waals surface area contributed by atoms with E-state index < -0.39 is 15.8 Å². The van der Waals surface area contributed by atoms with Gasteiger partial charge >= 0.3 is 0 Å². The maximum atomic E-state index is 6.05. The van der Waals surface area contributed by atoms with Crippen LogP contribution in [0.25, 0.3) is 0 Å². The van der Waals surface area contributed by atoms with Crippen LogP contribution in [0.5, 0.6) is 23.0 Å². The molecule has 6 aromatic carbocycles. The van der Waals surface area contributed by atoms with Gasteiger partial charge in [0.15, 0.2) is 0 Å². The molecule has 0 aromatic heterocycles. The van der Waals surface area contributed by atoms with Crippen molar-refractivity contribution in [2.45, 2.75) is 106 Å². The van der Waals surface area contributed by atoms with Gasteiger partial charge in [-0.15, -0.1) is 0 Å². The fourth-order valence-corrected chi connectivity index (χ4v) is 18.3. The monoisotopic (exact) mass is 880 g/mol. The highest BCUT2D eigenvalue weighted by molar-refractivity contribution is 7.74. The molecule has 0 radical (unpaired) electrons. The van der Waals surface area contributed by atoms with Crippen molar-refractivity contribution in [3.05, 3.63) is 165 Å². The molecule has 6 rings (SSSR count). The lowest BCUT2D eigenvalue weighted by atomic mass is 9.69. The highest BCUT2D eigenvalue weighted by Gasteiger charge is 2.52. The van der Waals surface area contributed by atoms with Crippen molar-refractivity contribution in [2.75, 3.05) is 28.4 Å². The summed E-state index contributed by atoms with van der Waals surface area (Å²) in [4.78, 5) is 0. The lowest BCUT2D eigenvalue weighted by Crippen LogP contribution is -2.40. The Labute approximate surface area is 382 Å². The van der Waals surface area contributed by atoms with Gasteiger partial charge in [0.05, 0.1) is 28.4 Å². The first-order valence-electron chi connectivity index (χ1n) is 22.6. The molecule has 2 unspecified atom stereocenters. The molecule has 2 atom stereocenters. The average molecular weight is 881 g/mol. The van der Waals surface area contributed by atoms with Crippen LogP contribution in [0.15, 0.2) is 109 Å². The number of hydrogen-bond donors (Lipinski definition) is 0. The number of benzene rings is 6. The Balaban J connectivity index is 1.86. The molecule has 6 aromatic rings. The van der Waals surface area contributed by atoms with E-state index in [0.717, 1.165) is 48.7 Å². The zero-order chi connectivity index (χ0) is 45.6. The first-order valence-corrected chi connectivity index (χ1v) is 25.4. The zero-order valence-electron chi connectivity index (χ0n) is 40.4. The first kappa shape index (κ1) is 47.8. The molecule has 63 heavy (non-hydrogen) atoms. The molecule has 4 nitrogen and oxygen atoms in total. The molecule has 0 fully saturated rings. The summed E-state index contributed by atoms with van der Waals surface area (Å²) in [6.45, 7) is 22.5. The summed E-state index contributed by atoms with van der Waals surface area (Å²) in [5.74, 6) is 3.84. The van der Waals surface area contributed by atoms with Gasteiger partial charge in [0, 0.05) is 11.3 Å². The summed E-state index contributed by atoms with van der Waals surface area (Å²) < 4.78 is 24.2. The van der Waals surface area contributed by atoms with E-state index in [1.54, 1.807) is 28.4 Å². The second-order valence-corrected chi connectivity index (χ2v) is 22.1. The molecule has 0 amide bonds. The van der Waals surface area contributed by atoms with Gasteiger partial charge in [-0.05, 0) is 215 Å². The number of aryl methyl sites for hydroxylation is 8. The Hall–Kier alpha value is -4.62. The molecule has 0 heterocycles. The van der Waals surface area contributed by atoms with Gasteiger partial charge in [0.25, 0.3) is 0 Å². The Kier molecular flexibility index (Phi) is 15.9. The molecule has 0 aliphatic rings. The van der Waals surface area contributed by atoms with E-state index in [0.29, 0.717) is 0 Å². The fourth-order valence-electron chi connectivity index (χ4n) is 10.9. The van der Waals surface area contributed by atoms with E-state index in [2.05, 4.69) is 178 Å². The second-order valence-electron chi connectivity index (χ2n) is 17.6. The van der Waals surface area contributed by atoms with Crippen molar-refractivity contribution in [1.82, 2.24) is 0 Å². The van der Waals surface area contributed by atoms with E-state index in [4.69, 9.17) is 18.9 Å². The SMILES string of the molecule is CCCC(CCC)(C(c1ccccc1)P(c1cc(C)c(OC)c(C)c1)c1cc(C)c(OC)c(C)c1)C(c1ccccc1)P(c1cc(C)c(OC)c(C)c1)c1cc(C)c(OC)c(C)c1. The Bertz CT molecular complexity index is 2110. The van der Waals surface area contributed by atoms with Crippen LogP contribution >= 0.6 is 15.8 Å². The Morgan fingerprint density at radius 1 is 0.381 bits per heavy atom. The van der Waals surface area contributed by atoms with Gasteiger partial charge in [0.2, 0.25) is 0 Å². The van der Waals surface area contributed by atoms with Crippen LogP contribution < -0.4 is 40.2 Å². The zero-order valence-corrected chi connectivity index (χ0v) is 42.2. The molecule has 0 aliphatic heterocycles. The number of hydrogen-bond acceptors (Lipinski definition) is 4. The quantitative estimate of drug-likeness (QED) is 0.0806. The predicted octanol–water partition coefficient (Wildman–Crippen LogP) is 13.8. The summed E-state index contributed by atoms with van der Waals surface area (Å²) >= 11 is 0. The highest BCUT2D eigenvalue weighted by atomic mass is 31.1. The minimum Gasteiger partial charge on any atom is -0.496 e. The van der Waals surface area contributed by atoms with Crippen LogP contribution in [0.3, 0.4) is 0 Å². The molecular formula is C57H70O4P2. The summed E-state index contributed by atoms with van der Waals surface area (Å²) in [6, 6.07) is 42.7. The molecule has 0 saturated carbocycles. The third-order valence-electron chi connectivity index (χ3n) is 13.0. The van der Waals surface area contributed by atoms with E-state index in [1.165, 1.54) is 76.9 Å².